The maximum atomic E-state index is 1.66. The van der Waals surface area contributed by atoms with Crippen molar-refractivity contribution in [2.45, 2.75) is 186 Å². The highest BCUT2D eigenvalue weighted by molar-refractivity contribution is 4.94. The van der Waals surface area contributed by atoms with Crippen LogP contribution in [0.1, 0.15) is 186 Å². The van der Waals surface area contributed by atoms with Crippen molar-refractivity contribution >= 4 is 0 Å². The molecule has 5 rings (SSSR count). The third-order valence-corrected chi connectivity index (χ3v) is 12.9. The topological polar surface area (TPSA) is 0 Å². The van der Waals surface area contributed by atoms with Crippen molar-refractivity contribution in [2.24, 2.45) is 40.9 Å². The van der Waals surface area contributed by atoms with Crippen molar-refractivity contribution in [3.8, 4) is 0 Å². The molecule has 2 unspecified atom stereocenters. The van der Waals surface area contributed by atoms with Crippen LogP contribution in [0.5, 0.6) is 0 Å². The van der Waals surface area contributed by atoms with Crippen LogP contribution in [0.2, 0.25) is 0 Å². The molecular weight excluding hydrogens is 432 g/mol. The summed E-state index contributed by atoms with van der Waals surface area (Å²) < 4.78 is 0. The number of hydrogen-bond acceptors (Lipinski definition) is 0. The van der Waals surface area contributed by atoms with E-state index >= 15 is 0 Å². The van der Waals surface area contributed by atoms with E-state index in [0.29, 0.717) is 0 Å². The van der Waals surface area contributed by atoms with Crippen LogP contribution in [-0.4, -0.2) is 0 Å². The Bertz CT molecular complexity index is 575. The normalized spacial score (nSPS) is 29.7. The lowest BCUT2D eigenvalue weighted by Gasteiger charge is -2.49. The van der Waals surface area contributed by atoms with E-state index < -0.39 is 0 Å². The van der Waals surface area contributed by atoms with Crippen molar-refractivity contribution in [1.29, 1.82) is 0 Å². The van der Waals surface area contributed by atoms with E-state index in [0.717, 1.165) is 40.9 Å². The second kappa shape index (κ2) is 14.4. The van der Waals surface area contributed by atoms with Gasteiger partial charge in [-0.05, 0) is 85.9 Å². The predicted molar refractivity (Wildman–Crippen MR) is 157 cm³/mol. The van der Waals surface area contributed by atoms with Crippen LogP contribution in [0, 0.1) is 40.9 Å². The van der Waals surface area contributed by atoms with E-state index in [2.05, 4.69) is 0 Å². The van der Waals surface area contributed by atoms with Gasteiger partial charge in [0.1, 0.15) is 0 Å². The highest BCUT2D eigenvalue weighted by Gasteiger charge is 2.43. The van der Waals surface area contributed by atoms with Crippen molar-refractivity contribution in [3.05, 3.63) is 0 Å². The fourth-order valence-electron chi connectivity index (χ4n) is 10.8. The zero-order chi connectivity index (χ0) is 24.5. The summed E-state index contributed by atoms with van der Waals surface area (Å²) in [5.74, 6) is 6.50. The van der Waals surface area contributed by atoms with Gasteiger partial charge < -0.3 is 0 Å². The molecule has 0 heterocycles. The Morgan fingerprint density at radius 2 is 0.944 bits per heavy atom. The molecular formula is C36H64. The van der Waals surface area contributed by atoms with Gasteiger partial charge in [-0.25, -0.2) is 0 Å². The molecule has 0 aromatic heterocycles. The molecule has 5 fully saturated rings. The van der Waals surface area contributed by atoms with Crippen molar-refractivity contribution in [3.63, 3.8) is 0 Å². The molecule has 0 saturated heterocycles. The first-order valence-corrected chi connectivity index (χ1v) is 17.8. The van der Waals surface area contributed by atoms with Gasteiger partial charge in [0.25, 0.3) is 0 Å². The summed E-state index contributed by atoms with van der Waals surface area (Å²) in [6.07, 6.45) is 45.5. The Morgan fingerprint density at radius 3 is 1.53 bits per heavy atom. The highest BCUT2D eigenvalue weighted by atomic mass is 14.5. The molecule has 0 aliphatic heterocycles. The van der Waals surface area contributed by atoms with Gasteiger partial charge >= 0.3 is 0 Å². The fraction of sp³-hybridized carbons (Fsp3) is 1.00. The van der Waals surface area contributed by atoms with Crippen molar-refractivity contribution in [2.75, 3.05) is 0 Å². The lowest BCUT2D eigenvalue weighted by atomic mass is 9.56. The third-order valence-electron chi connectivity index (χ3n) is 12.9. The first-order chi connectivity index (χ1) is 17.8. The van der Waals surface area contributed by atoms with Crippen molar-refractivity contribution < 1.29 is 0 Å². The standard InChI is InChI=1S/C36H64/c1-6-16-30(17-7-1)24-25-33(31-18-8-2-9-19-31)28-34(32-20-10-3-11-21-32)29-36(26-14-5-15-27-36)35-22-12-4-13-23-35/h30-35H,1-29H2. The first kappa shape index (κ1) is 27.6. The first-order valence-electron chi connectivity index (χ1n) is 17.8. The lowest BCUT2D eigenvalue weighted by Crippen LogP contribution is -2.39. The molecule has 0 heteroatoms. The quantitative estimate of drug-likeness (QED) is 0.282. The summed E-state index contributed by atoms with van der Waals surface area (Å²) in [5.41, 5.74) is 0.751. The van der Waals surface area contributed by atoms with Gasteiger partial charge in [-0.3, -0.25) is 0 Å². The van der Waals surface area contributed by atoms with Gasteiger partial charge in [-0.2, -0.15) is 0 Å². The predicted octanol–water partition coefficient (Wildman–Crippen LogP) is 12.1. The molecule has 0 aromatic rings. The minimum Gasteiger partial charge on any atom is -0.0533 e. The zero-order valence-electron chi connectivity index (χ0n) is 24.5. The van der Waals surface area contributed by atoms with E-state index in [1.165, 1.54) is 44.9 Å². The van der Waals surface area contributed by atoms with Crippen LogP contribution >= 0.6 is 0 Å². The third kappa shape index (κ3) is 7.56. The molecule has 0 radical (unpaired) electrons. The molecule has 0 nitrogen and oxygen atoms in total. The summed E-state index contributed by atoms with van der Waals surface area (Å²) in [6, 6.07) is 0. The van der Waals surface area contributed by atoms with Gasteiger partial charge in [-0.15, -0.1) is 0 Å². The average Bonchev–Trinajstić information content (AvgIpc) is 2.97. The molecule has 0 amide bonds. The molecule has 0 aromatic carbocycles. The Labute approximate surface area is 226 Å². The maximum absolute atomic E-state index is 1.66. The Kier molecular flexibility index (Phi) is 11.0. The van der Waals surface area contributed by atoms with Gasteiger partial charge in [0.05, 0.1) is 0 Å². The van der Waals surface area contributed by atoms with E-state index in [1.807, 2.05) is 0 Å². The summed E-state index contributed by atoms with van der Waals surface area (Å²) in [5, 5.41) is 0. The Morgan fingerprint density at radius 1 is 0.472 bits per heavy atom. The minimum atomic E-state index is 0.751. The minimum absolute atomic E-state index is 0.751. The average molecular weight is 497 g/mol. The largest absolute Gasteiger partial charge is 0.0533 e. The molecule has 0 bridgehead atoms. The fourth-order valence-corrected chi connectivity index (χ4v) is 10.8. The molecule has 5 saturated carbocycles. The van der Waals surface area contributed by atoms with Crippen LogP contribution < -0.4 is 0 Å². The van der Waals surface area contributed by atoms with Crippen LogP contribution in [0.4, 0.5) is 0 Å². The summed E-state index contributed by atoms with van der Waals surface area (Å²) >= 11 is 0. The van der Waals surface area contributed by atoms with E-state index in [4.69, 9.17) is 0 Å². The summed E-state index contributed by atoms with van der Waals surface area (Å²) in [7, 11) is 0. The van der Waals surface area contributed by atoms with Gasteiger partial charge in [0.2, 0.25) is 0 Å². The second-order valence-corrected chi connectivity index (χ2v) is 15.1. The molecule has 5 aliphatic carbocycles. The highest BCUT2D eigenvalue weighted by Crippen LogP contribution is 2.55. The monoisotopic (exact) mass is 497 g/mol. The van der Waals surface area contributed by atoms with Gasteiger partial charge in [0, 0.05) is 0 Å². The summed E-state index contributed by atoms with van der Waals surface area (Å²) in [4.78, 5) is 0. The molecule has 5 aliphatic rings. The van der Waals surface area contributed by atoms with Crippen molar-refractivity contribution in [1.82, 2.24) is 0 Å². The van der Waals surface area contributed by atoms with Gasteiger partial charge in [0.15, 0.2) is 0 Å². The van der Waals surface area contributed by atoms with E-state index in [-0.39, 0.29) is 0 Å². The maximum Gasteiger partial charge on any atom is -0.0266 e. The molecule has 36 heavy (non-hydrogen) atoms. The molecule has 2 atom stereocenters. The second-order valence-electron chi connectivity index (χ2n) is 15.1. The molecule has 208 valence electrons. The Balaban J connectivity index is 1.32. The summed E-state index contributed by atoms with van der Waals surface area (Å²) in [6.45, 7) is 0. The Hall–Kier alpha value is 0. The number of rotatable bonds is 10. The van der Waals surface area contributed by atoms with E-state index in [1.54, 1.807) is 141 Å². The zero-order valence-corrected chi connectivity index (χ0v) is 24.5. The van der Waals surface area contributed by atoms with Crippen LogP contribution in [0.15, 0.2) is 0 Å². The van der Waals surface area contributed by atoms with Crippen LogP contribution in [0.3, 0.4) is 0 Å². The van der Waals surface area contributed by atoms with Crippen LogP contribution in [0.25, 0.3) is 0 Å². The van der Waals surface area contributed by atoms with Gasteiger partial charge in [-0.1, -0.05) is 141 Å². The molecule has 0 spiro atoms. The smallest absolute Gasteiger partial charge is 0.0266 e. The molecule has 0 N–H and O–H groups in total. The van der Waals surface area contributed by atoms with E-state index in [9.17, 15) is 0 Å². The number of hydrogen-bond donors (Lipinski definition) is 0. The lowest BCUT2D eigenvalue weighted by molar-refractivity contribution is 0.0128. The van der Waals surface area contributed by atoms with Crippen LogP contribution in [-0.2, 0) is 0 Å². The SMILES string of the molecule is C1CCC(CCC(CC(CC2(C3CCCCC3)CCCCC2)C2CCCCC2)C2CCCCC2)CC1.